The molecule has 0 saturated carbocycles. The lowest BCUT2D eigenvalue weighted by Gasteiger charge is -1.98. The molecule has 0 radical (unpaired) electrons. The van der Waals surface area contributed by atoms with Gasteiger partial charge >= 0.3 is 0 Å². The number of rotatable bonds is 3. The molecule has 0 aliphatic carbocycles. The molecule has 0 aliphatic rings. The summed E-state index contributed by atoms with van der Waals surface area (Å²) in [5, 5.41) is 5.96. The number of thiazole rings is 2. The van der Waals surface area contributed by atoms with E-state index in [1.165, 1.54) is 22.7 Å². The molecule has 1 N–H and O–H groups in total. The molecular formula is C13H10N4OS2. The molecule has 100 valence electrons. The van der Waals surface area contributed by atoms with Crippen molar-refractivity contribution in [3.05, 3.63) is 46.7 Å². The first-order valence-corrected chi connectivity index (χ1v) is 7.52. The molecule has 0 unspecified atom stereocenters. The van der Waals surface area contributed by atoms with Gasteiger partial charge < -0.3 is 0 Å². The second kappa shape index (κ2) is 5.48. The highest BCUT2D eigenvalue weighted by molar-refractivity contribution is 7.17. The van der Waals surface area contributed by atoms with Gasteiger partial charge in [0.05, 0.1) is 5.69 Å². The summed E-state index contributed by atoms with van der Waals surface area (Å²) in [4.78, 5) is 25.3. The fourth-order valence-corrected chi connectivity index (χ4v) is 3.13. The predicted octanol–water partition coefficient (Wildman–Crippen LogP) is 3.22. The van der Waals surface area contributed by atoms with Crippen LogP contribution in [0.25, 0.3) is 10.6 Å². The van der Waals surface area contributed by atoms with Crippen LogP contribution >= 0.6 is 22.7 Å². The summed E-state index contributed by atoms with van der Waals surface area (Å²) in [6, 6.07) is 3.77. The van der Waals surface area contributed by atoms with Gasteiger partial charge in [0.2, 0.25) is 0 Å². The zero-order chi connectivity index (χ0) is 13.9. The van der Waals surface area contributed by atoms with Crippen molar-refractivity contribution in [1.29, 1.82) is 0 Å². The third-order valence-corrected chi connectivity index (χ3v) is 4.46. The highest BCUT2D eigenvalue weighted by Gasteiger charge is 2.17. The molecule has 0 aliphatic heterocycles. The molecule has 0 spiro atoms. The third-order valence-electron chi connectivity index (χ3n) is 2.56. The van der Waals surface area contributed by atoms with Crippen LogP contribution in [-0.2, 0) is 0 Å². The number of aromatic nitrogens is 3. The molecule has 20 heavy (non-hydrogen) atoms. The molecule has 0 fully saturated rings. The first-order chi connectivity index (χ1) is 9.74. The lowest BCUT2D eigenvalue weighted by atomic mass is 10.3. The molecule has 0 bridgehead atoms. The quantitative estimate of drug-likeness (QED) is 0.806. The number of nitrogens with one attached hydrogen (secondary N) is 1. The van der Waals surface area contributed by atoms with E-state index in [4.69, 9.17) is 0 Å². The van der Waals surface area contributed by atoms with E-state index in [0.29, 0.717) is 15.7 Å². The minimum absolute atomic E-state index is 0.176. The number of aryl methyl sites for hydroxylation is 1. The van der Waals surface area contributed by atoms with Gasteiger partial charge in [-0.15, -0.1) is 22.7 Å². The van der Waals surface area contributed by atoms with Crippen LogP contribution in [0.1, 0.15) is 15.4 Å². The van der Waals surface area contributed by atoms with Gasteiger partial charge in [-0.2, -0.15) is 0 Å². The van der Waals surface area contributed by atoms with Gasteiger partial charge in [0.1, 0.15) is 9.88 Å². The largest absolute Gasteiger partial charge is 0.297 e. The van der Waals surface area contributed by atoms with Gasteiger partial charge in [-0.3, -0.25) is 15.1 Å². The van der Waals surface area contributed by atoms with Crippen molar-refractivity contribution in [2.75, 3.05) is 5.32 Å². The summed E-state index contributed by atoms with van der Waals surface area (Å²) in [5.74, 6) is -0.176. The van der Waals surface area contributed by atoms with Gasteiger partial charge in [0.15, 0.2) is 5.13 Å². The maximum atomic E-state index is 12.2. The molecule has 3 rings (SSSR count). The molecule has 3 heterocycles. The van der Waals surface area contributed by atoms with Crippen LogP contribution in [0.15, 0.2) is 36.1 Å². The number of carbonyl (C=O) groups is 1. The van der Waals surface area contributed by atoms with Crippen LogP contribution in [0.4, 0.5) is 5.13 Å². The Kier molecular flexibility index (Phi) is 3.53. The van der Waals surface area contributed by atoms with Gasteiger partial charge in [0, 0.05) is 29.5 Å². The zero-order valence-corrected chi connectivity index (χ0v) is 12.2. The highest BCUT2D eigenvalue weighted by atomic mass is 32.1. The summed E-state index contributed by atoms with van der Waals surface area (Å²) < 4.78 is 0. The van der Waals surface area contributed by atoms with Crippen molar-refractivity contribution in [3.8, 4) is 10.6 Å². The SMILES string of the molecule is Cc1nc(-c2cccnc2)sc1C(=O)Nc1nccs1. The lowest BCUT2D eigenvalue weighted by molar-refractivity contribution is 0.103. The van der Waals surface area contributed by atoms with Crippen molar-refractivity contribution >= 4 is 33.7 Å². The maximum absolute atomic E-state index is 12.2. The average Bonchev–Trinajstić information content (AvgIpc) is 3.09. The Morgan fingerprint density at radius 3 is 2.95 bits per heavy atom. The highest BCUT2D eigenvalue weighted by Crippen LogP contribution is 2.28. The van der Waals surface area contributed by atoms with Gasteiger partial charge in [-0.25, -0.2) is 9.97 Å². The van der Waals surface area contributed by atoms with Crippen LogP contribution in [0.2, 0.25) is 0 Å². The van der Waals surface area contributed by atoms with E-state index >= 15 is 0 Å². The van der Waals surface area contributed by atoms with Crippen molar-refractivity contribution < 1.29 is 4.79 Å². The number of hydrogen-bond acceptors (Lipinski definition) is 6. The second-order valence-electron chi connectivity index (χ2n) is 3.97. The predicted molar refractivity (Wildman–Crippen MR) is 80.1 cm³/mol. The Morgan fingerprint density at radius 1 is 1.35 bits per heavy atom. The monoisotopic (exact) mass is 302 g/mol. The molecule has 5 nitrogen and oxygen atoms in total. The molecule has 7 heteroatoms. The Balaban J connectivity index is 1.88. The third kappa shape index (κ3) is 2.59. The molecule has 1 amide bonds. The van der Waals surface area contributed by atoms with E-state index in [1.54, 1.807) is 18.6 Å². The average molecular weight is 302 g/mol. The molecular weight excluding hydrogens is 292 g/mol. The van der Waals surface area contributed by atoms with Crippen LogP contribution in [0.3, 0.4) is 0 Å². The Bertz CT molecular complexity index is 722. The Labute approximate surface area is 123 Å². The van der Waals surface area contributed by atoms with Crippen molar-refractivity contribution in [2.45, 2.75) is 6.92 Å². The minimum atomic E-state index is -0.176. The fraction of sp³-hybridized carbons (Fsp3) is 0.0769. The Morgan fingerprint density at radius 2 is 2.25 bits per heavy atom. The van der Waals surface area contributed by atoms with E-state index in [0.717, 1.165) is 10.6 Å². The van der Waals surface area contributed by atoms with Crippen LogP contribution in [-0.4, -0.2) is 20.9 Å². The Hall–Kier alpha value is -2.12. The summed E-state index contributed by atoms with van der Waals surface area (Å²) in [5.41, 5.74) is 1.62. The van der Waals surface area contributed by atoms with Crippen molar-refractivity contribution in [1.82, 2.24) is 15.0 Å². The number of nitrogens with zero attached hydrogens (tertiary/aromatic N) is 3. The zero-order valence-electron chi connectivity index (χ0n) is 10.5. The molecule has 3 aromatic rings. The van der Waals surface area contributed by atoms with Crippen molar-refractivity contribution in [2.24, 2.45) is 0 Å². The summed E-state index contributed by atoms with van der Waals surface area (Å²) in [7, 11) is 0. The standard InChI is InChI=1S/C13H10N4OS2/c1-8-10(11(18)17-13-15-5-6-19-13)20-12(16-8)9-3-2-4-14-7-9/h2-7H,1H3,(H,15,17,18). The summed E-state index contributed by atoms with van der Waals surface area (Å²) >= 11 is 2.74. The van der Waals surface area contributed by atoms with Crippen LogP contribution in [0.5, 0.6) is 0 Å². The van der Waals surface area contributed by atoms with E-state index < -0.39 is 0 Å². The lowest BCUT2D eigenvalue weighted by Crippen LogP contribution is -2.11. The summed E-state index contributed by atoms with van der Waals surface area (Å²) in [6.45, 7) is 1.83. The van der Waals surface area contributed by atoms with Crippen LogP contribution < -0.4 is 5.32 Å². The number of amides is 1. The molecule has 0 saturated heterocycles. The smallest absolute Gasteiger partial charge is 0.269 e. The number of carbonyl (C=O) groups excluding carboxylic acids is 1. The van der Waals surface area contributed by atoms with Gasteiger partial charge in [-0.05, 0) is 19.1 Å². The van der Waals surface area contributed by atoms with Gasteiger partial charge in [-0.1, -0.05) is 0 Å². The second-order valence-corrected chi connectivity index (χ2v) is 5.86. The van der Waals surface area contributed by atoms with Crippen molar-refractivity contribution in [3.63, 3.8) is 0 Å². The topological polar surface area (TPSA) is 67.8 Å². The van der Waals surface area contributed by atoms with E-state index in [9.17, 15) is 4.79 Å². The molecule has 0 atom stereocenters. The minimum Gasteiger partial charge on any atom is -0.297 e. The first kappa shape index (κ1) is 12.9. The first-order valence-electron chi connectivity index (χ1n) is 5.82. The van der Waals surface area contributed by atoms with E-state index in [2.05, 4.69) is 20.3 Å². The fourth-order valence-electron chi connectivity index (χ4n) is 1.66. The number of pyridine rings is 1. The van der Waals surface area contributed by atoms with E-state index in [1.807, 2.05) is 24.4 Å². The molecule has 3 aromatic heterocycles. The van der Waals surface area contributed by atoms with Crippen LogP contribution in [0, 0.1) is 6.92 Å². The number of hydrogen-bond donors (Lipinski definition) is 1. The van der Waals surface area contributed by atoms with E-state index in [-0.39, 0.29) is 5.91 Å². The van der Waals surface area contributed by atoms with Gasteiger partial charge in [0.25, 0.3) is 5.91 Å². The normalized spacial score (nSPS) is 10.4. The number of anilines is 1. The molecule has 0 aromatic carbocycles. The maximum Gasteiger partial charge on any atom is 0.269 e. The summed E-state index contributed by atoms with van der Waals surface area (Å²) in [6.07, 6.45) is 5.10.